The molecule has 0 atom stereocenters. The molecule has 9 heteroatoms. The van der Waals surface area contributed by atoms with Gasteiger partial charge in [0.15, 0.2) is 0 Å². The van der Waals surface area contributed by atoms with Crippen molar-refractivity contribution in [2.24, 2.45) is 0 Å². The van der Waals surface area contributed by atoms with Crippen LogP contribution in [0.5, 0.6) is 0 Å². The number of aromatic nitrogens is 2. The molecule has 0 saturated carbocycles. The van der Waals surface area contributed by atoms with Crippen molar-refractivity contribution in [3.8, 4) is 5.69 Å². The van der Waals surface area contributed by atoms with Crippen molar-refractivity contribution in [1.29, 1.82) is 0 Å². The Labute approximate surface area is 199 Å². The van der Waals surface area contributed by atoms with Gasteiger partial charge in [-0.3, -0.25) is 4.79 Å². The highest BCUT2D eigenvalue weighted by Gasteiger charge is 2.31. The Morgan fingerprint density at radius 1 is 1.00 bits per heavy atom. The fraction of sp³-hybridized carbons (Fsp3) is 0.333. The smallest absolute Gasteiger partial charge is 0.257 e. The normalized spacial score (nSPS) is 15.2. The highest BCUT2D eigenvalue weighted by Crippen LogP contribution is 2.26. The summed E-state index contributed by atoms with van der Waals surface area (Å²) < 4.78 is 28.9. The maximum Gasteiger partial charge on any atom is 0.257 e. The molecule has 0 bridgehead atoms. The maximum absolute atomic E-state index is 13.4. The first-order valence-electron chi connectivity index (χ1n) is 10.9. The van der Waals surface area contributed by atoms with E-state index in [0.717, 1.165) is 16.9 Å². The number of carbonyl (C=O) groups is 1. The van der Waals surface area contributed by atoms with Crippen LogP contribution in [-0.2, 0) is 15.8 Å². The van der Waals surface area contributed by atoms with Gasteiger partial charge in [-0.2, -0.15) is 9.40 Å². The number of amides is 1. The van der Waals surface area contributed by atoms with Crippen molar-refractivity contribution in [2.45, 2.75) is 25.5 Å². The van der Waals surface area contributed by atoms with Crippen molar-refractivity contribution in [3.05, 3.63) is 82.6 Å². The second-order valence-electron chi connectivity index (χ2n) is 8.42. The minimum atomic E-state index is -3.44. The van der Waals surface area contributed by atoms with Crippen LogP contribution in [0.1, 0.15) is 41.4 Å². The Morgan fingerprint density at radius 2 is 1.64 bits per heavy atom. The Hall–Kier alpha value is -2.68. The number of hydrogen-bond donors (Lipinski definition) is 0. The number of halogens is 1. The number of rotatable bonds is 6. The highest BCUT2D eigenvalue weighted by molar-refractivity contribution is 7.88. The van der Waals surface area contributed by atoms with Crippen LogP contribution in [0.25, 0.3) is 5.69 Å². The topological polar surface area (TPSA) is 75.5 Å². The van der Waals surface area contributed by atoms with Crippen LogP contribution in [0.15, 0.2) is 60.8 Å². The molecule has 0 unspecified atom stereocenters. The Morgan fingerprint density at radius 3 is 2.24 bits per heavy atom. The molecule has 2 aromatic carbocycles. The van der Waals surface area contributed by atoms with Gasteiger partial charge in [0.05, 0.1) is 28.9 Å². The van der Waals surface area contributed by atoms with Gasteiger partial charge in [-0.15, -0.1) is 0 Å². The molecule has 0 aliphatic carbocycles. The first-order chi connectivity index (χ1) is 15.8. The predicted molar refractivity (Wildman–Crippen MR) is 129 cm³/mol. The monoisotopic (exact) mass is 486 g/mol. The quantitative estimate of drug-likeness (QED) is 0.529. The van der Waals surface area contributed by atoms with E-state index in [0.29, 0.717) is 23.7 Å². The van der Waals surface area contributed by atoms with E-state index >= 15 is 0 Å². The third kappa shape index (κ3) is 5.13. The van der Waals surface area contributed by atoms with Crippen LogP contribution in [-0.4, -0.2) is 59.5 Å². The first kappa shape index (κ1) is 23.5. The van der Waals surface area contributed by atoms with Gasteiger partial charge in [-0.05, 0) is 35.7 Å². The molecular formula is C24H27ClN4O3S. The van der Waals surface area contributed by atoms with E-state index in [9.17, 15) is 13.2 Å². The molecule has 4 rings (SSSR count). The third-order valence-electron chi connectivity index (χ3n) is 5.77. The minimum absolute atomic E-state index is 0.0346. The van der Waals surface area contributed by atoms with Gasteiger partial charge >= 0.3 is 0 Å². The Kier molecular flexibility index (Phi) is 6.88. The molecule has 0 spiro atoms. The summed E-state index contributed by atoms with van der Waals surface area (Å²) in [6.45, 7) is 5.29. The summed E-state index contributed by atoms with van der Waals surface area (Å²) in [4.78, 5) is 15.1. The zero-order chi connectivity index (χ0) is 23.6. The molecule has 1 aromatic heterocycles. The summed E-state index contributed by atoms with van der Waals surface area (Å²) in [5.74, 6) is -0.0960. The SMILES string of the molecule is CC(C)c1c(C(=O)N2CCN(S(=O)(=O)Cc3ccccc3)CC2)cnn1-c1ccc(Cl)cc1. The second kappa shape index (κ2) is 9.67. The number of piperazine rings is 1. The molecule has 0 N–H and O–H groups in total. The lowest BCUT2D eigenvalue weighted by Gasteiger charge is -2.34. The Bertz CT molecular complexity index is 1220. The fourth-order valence-corrected chi connectivity index (χ4v) is 5.72. The van der Waals surface area contributed by atoms with Gasteiger partial charge in [-0.1, -0.05) is 55.8 Å². The number of carbonyl (C=O) groups excluding carboxylic acids is 1. The summed E-state index contributed by atoms with van der Waals surface area (Å²) >= 11 is 6.01. The molecule has 1 aliphatic heterocycles. The van der Waals surface area contributed by atoms with Crippen LogP contribution >= 0.6 is 11.6 Å². The maximum atomic E-state index is 13.4. The molecule has 1 fully saturated rings. The number of nitrogens with zero attached hydrogens (tertiary/aromatic N) is 4. The molecule has 1 amide bonds. The van der Waals surface area contributed by atoms with Gasteiger partial charge in [-0.25, -0.2) is 13.1 Å². The lowest BCUT2D eigenvalue weighted by molar-refractivity contribution is 0.0696. The van der Waals surface area contributed by atoms with Crippen molar-refractivity contribution in [2.75, 3.05) is 26.2 Å². The molecule has 7 nitrogen and oxygen atoms in total. The van der Waals surface area contributed by atoms with E-state index in [1.54, 1.807) is 27.9 Å². The van der Waals surface area contributed by atoms with Crippen LogP contribution in [0.2, 0.25) is 5.02 Å². The van der Waals surface area contributed by atoms with Crippen molar-refractivity contribution in [3.63, 3.8) is 0 Å². The molecule has 2 heterocycles. The van der Waals surface area contributed by atoms with Gasteiger partial charge in [0.25, 0.3) is 5.91 Å². The number of benzene rings is 2. The number of sulfonamides is 1. The van der Waals surface area contributed by atoms with E-state index in [4.69, 9.17) is 11.6 Å². The van der Waals surface area contributed by atoms with E-state index < -0.39 is 10.0 Å². The predicted octanol–water partition coefficient (Wildman–Crippen LogP) is 3.94. The lowest BCUT2D eigenvalue weighted by atomic mass is 10.0. The summed E-state index contributed by atoms with van der Waals surface area (Å²) in [5, 5.41) is 5.11. The molecule has 3 aromatic rings. The highest BCUT2D eigenvalue weighted by atomic mass is 35.5. The molecule has 33 heavy (non-hydrogen) atoms. The van der Waals surface area contributed by atoms with Gasteiger partial charge in [0.2, 0.25) is 10.0 Å². The van der Waals surface area contributed by atoms with E-state index in [-0.39, 0.29) is 30.7 Å². The van der Waals surface area contributed by atoms with Crippen LogP contribution < -0.4 is 0 Å². The zero-order valence-corrected chi connectivity index (χ0v) is 20.3. The minimum Gasteiger partial charge on any atom is -0.336 e. The van der Waals surface area contributed by atoms with Crippen molar-refractivity contribution in [1.82, 2.24) is 19.0 Å². The molecular weight excluding hydrogens is 460 g/mol. The van der Waals surface area contributed by atoms with E-state index in [1.807, 2.05) is 56.3 Å². The lowest BCUT2D eigenvalue weighted by Crippen LogP contribution is -2.50. The molecule has 1 aliphatic rings. The molecule has 0 radical (unpaired) electrons. The Balaban J connectivity index is 1.48. The average molecular weight is 487 g/mol. The van der Waals surface area contributed by atoms with E-state index in [1.165, 1.54) is 4.31 Å². The summed E-state index contributed by atoms with van der Waals surface area (Å²) in [6, 6.07) is 16.5. The summed E-state index contributed by atoms with van der Waals surface area (Å²) in [6.07, 6.45) is 1.60. The summed E-state index contributed by atoms with van der Waals surface area (Å²) in [7, 11) is -3.44. The zero-order valence-electron chi connectivity index (χ0n) is 18.7. The van der Waals surface area contributed by atoms with Crippen molar-refractivity contribution < 1.29 is 13.2 Å². The average Bonchev–Trinajstić information content (AvgIpc) is 3.25. The summed E-state index contributed by atoms with van der Waals surface area (Å²) in [5.41, 5.74) is 2.95. The molecule has 1 saturated heterocycles. The standard InChI is InChI=1S/C24H27ClN4O3S/c1-18(2)23-22(16-26-29(23)21-10-8-20(25)9-11-21)24(30)27-12-14-28(15-13-27)33(31,32)17-19-6-4-3-5-7-19/h3-11,16,18H,12-15,17H2,1-2H3. The first-order valence-corrected chi connectivity index (χ1v) is 12.9. The van der Waals surface area contributed by atoms with Gasteiger partial charge in [0, 0.05) is 31.2 Å². The van der Waals surface area contributed by atoms with Crippen LogP contribution in [0.4, 0.5) is 0 Å². The second-order valence-corrected chi connectivity index (χ2v) is 10.8. The van der Waals surface area contributed by atoms with Crippen LogP contribution in [0, 0.1) is 0 Å². The van der Waals surface area contributed by atoms with Gasteiger partial charge in [0.1, 0.15) is 0 Å². The third-order valence-corrected chi connectivity index (χ3v) is 7.87. The van der Waals surface area contributed by atoms with E-state index in [2.05, 4.69) is 5.10 Å². The fourth-order valence-electron chi connectivity index (χ4n) is 4.08. The van der Waals surface area contributed by atoms with Crippen molar-refractivity contribution >= 4 is 27.5 Å². The van der Waals surface area contributed by atoms with Crippen LogP contribution in [0.3, 0.4) is 0 Å². The largest absolute Gasteiger partial charge is 0.336 e. The molecule has 174 valence electrons. The number of hydrogen-bond acceptors (Lipinski definition) is 4. The van der Waals surface area contributed by atoms with Gasteiger partial charge < -0.3 is 4.90 Å².